The van der Waals surface area contributed by atoms with Gasteiger partial charge in [0.1, 0.15) is 11.4 Å². The second kappa shape index (κ2) is 5.32. The van der Waals surface area contributed by atoms with Crippen LogP contribution in [0.2, 0.25) is 0 Å². The molecule has 0 aromatic heterocycles. The summed E-state index contributed by atoms with van der Waals surface area (Å²) in [5, 5.41) is 11.9. The maximum absolute atomic E-state index is 9.37. The van der Waals surface area contributed by atoms with Gasteiger partial charge in [-0.25, -0.2) is 0 Å². The van der Waals surface area contributed by atoms with Gasteiger partial charge in [0.2, 0.25) is 0 Å². The zero-order valence-electron chi connectivity index (χ0n) is 12.2. The summed E-state index contributed by atoms with van der Waals surface area (Å²) >= 11 is 0. The number of allylic oxidation sites excluding steroid dienone is 1. The van der Waals surface area contributed by atoms with Crippen molar-refractivity contribution in [1.29, 1.82) is 0 Å². The zero-order valence-corrected chi connectivity index (χ0v) is 13.7. The Bertz CT molecular complexity index is 688. The summed E-state index contributed by atoms with van der Waals surface area (Å²) < 4.78 is 0.787. The molecule has 0 bridgehead atoms. The molecule has 1 heterocycles. The first-order chi connectivity index (χ1) is 9.07. The molecular weight excluding hydrogens is 314 g/mol. The van der Waals surface area contributed by atoms with Gasteiger partial charge in [0, 0.05) is 31.6 Å². The molecule has 0 saturated carbocycles. The lowest BCUT2D eigenvalue weighted by Gasteiger charge is -2.26. The van der Waals surface area contributed by atoms with Gasteiger partial charge in [-0.1, -0.05) is 24.3 Å². The molecule has 0 fully saturated rings. The Kier molecular flexibility index (Phi) is 4.05. The van der Waals surface area contributed by atoms with Crippen molar-refractivity contribution in [2.24, 2.45) is 0 Å². The summed E-state index contributed by atoms with van der Waals surface area (Å²) in [4.78, 5) is 0. The molecule has 1 aliphatic heterocycles. The maximum atomic E-state index is 9.37. The van der Waals surface area contributed by atoms with E-state index in [4.69, 9.17) is 0 Å². The fraction of sp³-hybridized carbons (Fsp3) is 0.294. The van der Waals surface area contributed by atoms with Gasteiger partial charge in [-0.3, -0.25) is 4.48 Å². The average Bonchev–Trinajstić information content (AvgIpc) is 2.61. The van der Waals surface area contributed by atoms with Crippen LogP contribution in [-0.2, 0) is 0 Å². The summed E-state index contributed by atoms with van der Waals surface area (Å²) in [6, 6.07) is 12.9. The van der Waals surface area contributed by atoms with E-state index in [1.807, 2.05) is 0 Å². The van der Waals surface area contributed by atoms with Crippen LogP contribution >= 0.6 is 0 Å². The highest BCUT2D eigenvalue weighted by Gasteiger charge is 2.37. The smallest absolute Gasteiger partial charge is 0.145 e. The summed E-state index contributed by atoms with van der Waals surface area (Å²) in [5.74, 6) is 0. The molecule has 2 nitrogen and oxygen atoms in total. The van der Waals surface area contributed by atoms with Crippen molar-refractivity contribution in [2.45, 2.75) is 13.3 Å². The van der Waals surface area contributed by atoms with Crippen molar-refractivity contribution in [3.05, 3.63) is 47.7 Å². The van der Waals surface area contributed by atoms with Gasteiger partial charge in [0.15, 0.2) is 0 Å². The predicted octanol–water partition coefficient (Wildman–Crippen LogP) is 0.538. The van der Waals surface area contributed by atoms with Gasteiger partial charge >= 0.3 is 0 Å². The number of halogens is 1. The number of fused-ring (bicyclic) bond motifs is 3. The third kappa shape index (κ3) is 2.01. The Morgan fingerprint density at radius 3 is 2.45 bits per heavy atom. The minimum atomic E-state index is 0. The first-order valence-electron chi connectivity index (χ1n) is 6.75. The Balaban J connectivity index is 0.00000147. The molecule has 0 amide bonds. The van der Waals surface area contributed by atoms with Crippen molar-refractivity contribution < 1.29 is 22.1 Å². The predicted molar refractivity (Wildman–Crippen MR) is 81.9 cm³/mol. The van der Waals surface area contributed by atoms with Gasteiger partial charge in [-0.15, -0.1) is 0 Å². The lowest BCUT2D eigenvalue weighted by atomic mass is 9.96. The first kappa shape index (κ1) is 15.2. The number of benzene rings is 2. The fourth-order valence-electron chi connectivity index (χ4n) is 3.16. The van der Waals surface area contributed by atoms with E-state index >= 15 is 0 Å². The van der Waals surface area contributed by atoms with Crippen molar-refractivity contribution in [1.82, 2.24) is 4.48 Å². The summed E-state index contributed by atoms with van der Waals surface area (Å²) in [5.41, 5.74) is 5.30. The average molecular weight is 334 g/mol. The number of hydrogen-bond acceptors (Lipinski definition) is 1. The molecule has 1 N–H and O–H groups in total. The number of nitrogens with zero attached hydrogens (tertiary/aromatic N) is 1. The van der Waals surface area contributed by atoms with Crippen LogP contribution in [-0.4, -0.2) is 25.8 Å². The van der Waals surface area contributed by atoms with E-state index in [1.165, 1.54) is 33.3 Å². The first-order valence-corrected chi connectivity index (χ1v) is 6.75. The molecule has 3 rings (SSSR count). The third-order valence-corrected chi connectivity index (χ3v) is 4.45. The van der Waals surface area contributed by atoms with Crippen LogP contribution in [0.5, 0.6) is 0 Å². The largest absolute Gasteiger partial charge is 1.00 e. The zero-order chi connectivity index (χ0) is 13.6. The highest BCUT2D eigenvalue weighted by Crippen LogP contribution is 2.47. The Hall–Kier alpha value is -1.16. The second-order valence-electron chi connectivity index (χ2n) is 5.67. The molecular formula is C17H20BrNO. The van der Waals surface area contributed by atoms with Crippen LogP contribution in [0, 0.1) is 0 Å². The van der Waals surface area contributed by atoms with Gasteiger partial charge in [0.05, 0.1) is 19.7 Å². The molecule has 0 radical (unpaired) electrons. The van der Waals surface area contributed by atoms with Crippen LogP contribution in [0.25, 0.3) is 16.3 Å². The summed E-state index contributed by atoms with van der Waals surface area (Å²) in [6.45, 7) is 2.38. The molecule has 0 atom stereocenters. The van der Waals surface area contributed by atoms with Crippen LogP contribution < -0.4 is 21.5 Å². The van der Waals surface area contributed by atoms with E-state index in [9.17, 15) is 5.11 Å². The normalized spacial score (nSPS) is 16.2. The van der Waals surface area contributed by atoms with Crippen molar-refractivity contribution in [3.8, 4) is 0 Å². The van der Waals surface area contributed by atoms with Gasteiger partial charge in [-0.2, -0.15) is 0 Å². The highest BCUT2D eigenvalue weighted by atomic mass is 79.9. The monoisotopic (exact) mass is 333 g/mol. The number of rotatable bonds is 2. The second-order valence-corrected chi connectivity index (χ2v) is 5.67. The topological polar surface area (TPSA) is 20.2 Å². The number of hydrogen-bond donors (Lipinski definition) is 1. The lowest BCUT2D eigenvalue weighted by molar-refractivity contribution is -0.00000506. The molecule has 2 aromatic rings. The molecule has 20 heavy (non-hydrogen) atoms. The lowest BCUT2D eigenvalue weighted by Crippen LogP contribution is -3.00. The van der Waals surface area contributed by atoms with E-state index in [0.717, 1.165) is 10.9 Å². The molecule has 1 aliphatic rings. The van der Waals surface area contributed by atoms with E-state index in [0.29, 0.717) is 0 Å². The Morgan fingerprint density at radius 1 is 1.05 bits per heavy atom. The van der Waals surface area contributed by atoms with E-state index in [2.05, 4.69) is 57.4 Å². The minimum absolute atomic E-state index is 0. The Morgan fingerprint density at radius 2 is 1.75 bits per heavy atom. The van der Waals surface area contributed by atoms with Gasteiger partial charge < -0.3 is 22.1 Å². The van der Waals surface area contributed by atoms with Crippen LogP contribution in [0.1, 0.15) is 18.9 Å². The van der Waals surface area contributed by atoms with E-state index in [1.54, 1.807) is 0 Å². The number of aliphatic hydroxyl groups excluding tert-OH is 1. The van der Waals surface area contributed by atoms with Crippen LogP contribution in [0.3, 0.4) is 0 Å². The molecule has 106 valence electrons. The van der Waals surface area contributed by atoms with E-state index in [-0.39, 0.29) is 23.6 Å². The number of quaternary nitrogens is 1. The molecule has 0 aliphatic carbocycles. The third-order valence-electron chi connectivity index (χ3n) is 4.45. The van der Waals surface area contributed by atoms with Crippen LogP contribution in [0.4, 0.5) is 5.69 Å². The van der Waals surface area contributed by atoms with Gasteiger partial charge in [0.25, 0.3) is 0 Å². The molecule has 0 saturated heterocycles. The molecule has 0 spiro atoms. The highest BCUT2D eigenvalue weighted by molar-refractivity contribution is 6.02. The summed E-state index contributed by atoms with van der Waals surface area (Å²) in [6.07, 6.45) is 0.731. The van der Waals surface area contributed by atoms with Crippen molar-refractivity contribution in [2.75, 3.05) is 20.7 Å². The van der Waals surface area contributed by atoms with Crippen LogP contribution in [0.15, 0.2) is 42.1 Å². The molecule has 2 aromatic carbocycles. The molecule has 3 heteroatoms. The minimum Gasteiger partial charge on any atom is -1.00 e. The number of aliphatic hydroxyl groups is 1. The quantitative estimate of drug-likeness (QED) is 0.795. The van der Waals surface area contributed by atoms with Crippen molar-refractivity contribution in [3.63, 3.8) is 0 Å². The van der Waals surface area contributed by atoms with E-state index < -0.39 is 0 Å². The maximum Gasteiger partial charge on any atom is 0.145 e. The van der Waals surface area contributed by atoms with Crippen molar-refractivity contribution >= 4 is 22.0 Å². The summed E-state index contributed by atoms with van der Waals surface area (Å²) in [7, 11) is 4.43. The Labute approximate surface area is 130 Å². The fourth-order valence-corrected chi connectivity index (χ4v) is 3.16. The standard InChI is InChI=1S/C17H20NO.BrH/c1-12-14(10-11-19)17-15-7-5-4-6-13(15)8-9-16(17)18(12,2)3;/h4-9,19H,10-11H2,1-3H3;1H/q+1;/p-1. The SMILES string of the molecule is CC1=C(CCO)c2c(ccc3ccccc23)[N+]1(C)C.[Br-]. The molecule has 0 unspecified atom stereocenters. The van der Waals surface area contributed by atoms with Gasteiger partial charge in [-0.05, 0) is 16.8 Å².